The summed E-state index contributed by atoms with van der Waals surface area (Å²) in [4.78, 5) is 28.2. The first-order chi connectivity index (χ1) is 12.3. The largest absolute Gasteiger partial charge is 0.444 e. The van der Waals surface area contributed by atoms with Gasteiger partial charge in [0.2, 0.25) is 0 Å². The molecule has 4 aliphatic rings. The van der Waals surface area contributed by atoms with Gasteiger partial charge in [0.15, 0.2) is 5.78 Å². The number of nitrogens with zero attached hydrogens (tertiary/aromatic N) is 1. The molecule has 0 unspecified atom stereocenters. The van der Waals surface area contributed by atoms with Gasteiger partial charge in [-0.25, -0.2) is 4.79 Å². The molecule has 0 aromatic rings. The predicted molar refractivity (Wildman–Crippen MR) is 103 cm³/mol. The molecule has 1 saturated carbocycles. The van der Waals surface area contributed by atoms with Crippen molar-refractivity contribution in [2.45, 2.75) is 84.1 Å². The third kappa shape index (κ3) is 2.40. The summed E-state index contributed by atoms with van der Waals surface area (Å²) >= 11 is 6.48. The Morgan fingerprint density at radius 1 is 1.26 bits per heavy atom. The van der Waals surface area contributed by atoms with Crippen LogP contribution in [0.4, 0.5) is 4.79 Å². The van der Waals surface area contributed by atoms with E-state index in [-0.39, 0.29) is 28.6 Å². The van der Waals surface area contributed by atoms with Gasteiger partial charge < -0.3 is 9.47 Å². The average Bonchev–Trinajstić information content (AvgIpc) is 3.17. The summed E-state index contributed by atoms with van der Waals surface area (Å²) in [5.74, 6) is -0.222. The second-order valence-corrected chi connectivity index (χ2v) is 10.9. The van der Waals surface area contributed by atoms with Crippen molar-refractivity contribution in [3.05, 3.63) is 11.1 Å². The van der Waals surface area contributed by atoms with Crippen LogP contribution >= 0.6 is 11.6 Å². The Bertz CT molecular complexity index is 727. The minimum absolute atomic E-state index is 0.0186. The number of ether oxygens (including phenoxy) is 2. The van der Waals surface area contributed by atoms with Gasteiger partial charge in [-0.1, -0.05) is 32.4 Å². The SMILES string of the molecule is CC(C)(C)OC(=O)N1[C@@H]2C=C(Cl)[C@H]1[C@@H](C(=O)[C@]13CC[C@](C)(CO1)C3(C)C)C2. The van der Waals surface area contributed by atoms with E-state index in [0.29, 0.717) is 18.1 Å². The molecule has 5 atom stereocenters. The van der Waals surface area contributed by atoms with Gasteiger partial charge in [0.1, 0.15) is 11.2 Å². The van der Waals surface area contributed by atoms with Crippen molar-refractivity contribution in [1.29, 1.82) is 0 Å². The highest BCUT2D eigenvalue weighted by molar-refractivity contribution is 6.31. The summed E-state index contributed by atoms with van der Waals surface area (Å²) in [7, 11) is 0. The molecule has 0 aromatic carbocycles. The monoisotopic (exact) mass is 395 g/mol. The molecule has 0 aromatic heterocycles. The Hall–Kier alpha value is -1.07. The normalized spacial score (nSPS) is 41.8. The summed E-state index contributed by atoms with van der Waals surface area (Å²) in [6, 6.07) is -0.611. The number of amides is 1. The molecular weight excluding hydrogens is 366 g/mol. The zero-order chi connectivity index (χ0) is 20.0. The maximum Gasteiger partial charge on any atom is 0.411 e. The van der Waals surface area contributed by atoms with Crippen LogP contribution in [0.15, 0.2) is 11.1 Å². The molecule has 0 spiro atoms. The average molecular weight is 396 g/mol. The van der Waals surface area contributed by atoms with Crippen LogP contribution in [-0.2, 0) is 14.3 Å². The quantitative estimate of drug-likeness (QED) is 0.700. The third-order valence-corrected chi connectivity index (χ3v) is 8.04. The van der Waals surface area contributed by atoms with E-state index in [2.05, 4.69) is 20.8 Å². The summed E-state index contributed by atoms with van der Waals surface area (Å²) in [6.45, 7) is 12.7. The topological polar surface area (TPSA) is 55.8 Å². The second kappa shape index (κ2) is 5.50. The highest BCUT2D eigenvalue weighted by Crippen LogP contribution is 2.66. The minimum Gasteiger partial charge on any atom is -0.444 e. The fourth-order valence-electron chi connectivity index (χ4n) is 5.63. The van der Waals surface area contributed by atoms with Crippen LogP contribution in [-0.4, -0.2) is 46.7 Å². The standard InChI is InChI=1S/C21H30ClNO4/c1-18(2,3)27-17(25)23-12-9-13(15(23)14(22)10-12)16(24)21-8-7-20(6,11-26-21)19(21,4)5/h10,12-13,15H,7-9,11H2,1-6H3/t12-,13-,15+,20+,21-/m0/s1. The van der Waals surface area contributed by atoms with Gasteiger partial charge >= 0.3 is 6.09 Å². The number of rotatable bonds is 2. The van der Waals surface area contributed by atoms with E-state index in [1.807, 2.05) is 26.8 Å². The maximum atomic E-state index is 13.8. The first-order valence-electron chi connectivity index (χ1n) is 9.90. The predicted octanol–water partition coefficient (Wildman–Crippen LogP) is 4.28. The Labute approximate surface area is 166 Å². The molecule has 1 aliphatic carbocycles. The summed E-state index contributed by atoms with van der Waals surface area (Å²) < 4.78 is 11.8. The van der Waals surface area contributed by atoms with E-state index in [0.717, 1.165) is 12.8 Å². The van der Waals surface area contributed by atoms with E-state index < -0.39 is 23.3 Å². The van der Waals surface area contributed by atoms with Gasteiger partial charge in [-0.3, -0.25) is 9.69 Å². The minimum atomic E-state index is -0.770. The summed E-state index contributed by atoms with van der Waals surface area (Å²) in [5.41, 5.74) is -1.57. The van der Waals surface area contributed by atoms with Crippen molar-refractivity contribution in [2.24, 2.45) is 16.7 Å². The van der Waals surface area contributed by atoms with Gasteiger partial charge in [-0.15, -0.1) is 0 Å². The molecule has 3 aliphatic heterocycles. The highest BCUT2D eigenvalue weighted by atomic mass is 35.5. The molecule has 4 bridgehead atoms. The van der Waals surface area contributed by atoms with Crippen molar-refractivity contribution in [2.75, 3.05) is 6.61 Å². The molecule has 3 fully saturated rings. The first kappa shape index (κ1) is 19.3. The molecule has 0 radical (unpaired) electrons. The smallest absolute Gasteiger partial charge is 0.411 e. The molecule has 5 nitrogen and oxygen atoms in total. The second-order valence-electron chi connectivity index (χ2n) is 10.5. The molecule has 6 heteroatoms. The molecule has 150 valence electrons. The fourth-order valence-corrected chi connectivity index (χ4v) is 6.03. The van der Waals surface area contributed by atoms with E-state index in [1.54, 1.807) is 4.90 Å². The number of carbonyl (C=O) groups is 2. The Morgan fingerprint density at radius 3 is 2.41 bits per heavy atom. The Morgan fingerprint density at radius 2 is 1.93 bits per heavy atom. The van der Waals surface area contributed by atoms with Crippen molar-refractivity contribution in [3.63, 3.8) is 0 Å². The zero-order valence-electron chi connectivity index (χ0n) is 17.1. The van der Waals surface area contributed by atoms with E-state index in [1.165, 1.54) is 0 Å². The lowest BCUT2D eigenvalue weighted by Gasteiger charge is -2.40. The molecule has 3 heterocycles. The molecular formula is C21H30ClNO4. The Balaban J connectivity index is 1.62. The fraction of sp³-hybridized carbons (Fsp3) is 0.810. The van der Waals surface area contributed by atoms with E-state index in [9.17, 15) is 9.59 Å². The number of Topliss-reactive ketones (excluding diaryl/α,β-unsaturated/α-hetero) is 1. The molecule has 4 rings (SSSR count). The van der Waals surface area contributed by atoms with Crippen LogP contribution in [0.2, 0.25) is 0 Å². The number of halogens is 1. The lowest BCUT2D eigenvalue weighted by Crippen LogP contribution is -2.53. The molecule has 27 heavy (non-hydrogen) atoms. The van der Waals surface area contributed by atoms with E-state index in [4.69, 9.17) is 21.1 Å². The molecule has 0 N–H and O–H groups in total. The van der Waals surface area contributed by atoms with Crippen LogP contribution in [0, 0.1) is 16.7 Å². The number of fused-ring (bicyclic) bond motifs is 4. The van der Waals surface area contributed by atoms with Gasteiger partial charge in [-0.05, 0) is 51.5 Å². The van der Waals surface area contributed by atoms with E-state index >= 15 is 0 Å². The number of ketones is 1. The van der Waals surface area contributed by atoms with Crippen LogP contribution in [0.25, 0.3) is 0 Å². The van der Waals surface area contributed by atoms with Crippen molar-refractivity contribution >= 4 is 23.5 Å². The summed E-state index contributed by atoms with van der Waals surface area (Å²) in [5, 5.41) is 0.573. The zero-order valence-corrected chi connectivity index (χ0v) is 17.9. The maximum absolute atomic E-state index is 13.8. The van der Waals surface area contributed by atoms with Gasteiger partial charge in [0.05, 0.1) is 18.7 Å². The van der Waals surface area contributed by atoms with Crippen molar-refractivity contribution in [1.82, 2.24) is 4.90 Å². The highest BCUT2D eigenvalue weighted by Gasteiger charge is 2.72. The van der Waals surface area contributed by atoms with Crippen LogP contribution < -0.4 is 0 Å². The lowest BCUT2D eigenvalue weighted by molar-refractivity contribution is -0.152. The number of hydrogen-bond donors (Lipinski definition) is 0. The lowest BCUT2D eigenvalue weighted by atomic mass is 9.63. The number of carbonyl (C=O) groups excluding carboxylic acids is 2. The van der Waals surface area contributed by atoms with Crippen LogP contribution in [0.1, 0.15) is 60.8 Å². The van der Waals surface area contributed by atoms with Crippen LogP contribution in [0.3, 0.4) is 0 Å². The molecule has 2 saturated heterocycles. The third-order valence-electron chi connectivity index (χ3n) is 7.69. The Kier molecular flexibility index (Phi) is 3.93. The van der Waals surface area contributed by atoms with Gasteiger partial charge in [0, 0.05) is 16.4 Å². The number of hydrogen-bond acceptors (Lipinski definition) is 4. The summed E-state index contributed by atoms with van der Waals surface area (Å²) in [6.07, 6.45) is 3.82. The first-order valence-corrected chi connectivity index (χ1v) is 10.3. The van der Waals surface area contributed by atoms with Crippen molar-refractivity contribution < 1.29 is 19.1 Å². The van der Waals surface area contributed by atoms with Gasteiger partial charge in [0.25, 0.3) is 0 Å². The van der Waals surface area contributed by atoms with Crippen molar-refractivity contribution in [3.8, 4) is 0 Å². The van der Waals surface area contributed by atoms with Crippen LogP contribution in [0.5, 0.6) is 0 Å². The molecule has 1 amide bonds. The van der Waals surface area contributed by atoms with Gasteiger partial charge in [-0.2, -0.15) is 0 Å².